The van der Waals surface area contributed by atoms with E-state index in [2.05, 4.69) is 5.32 Å². The van der Waals surface area contributed by atoms with Crippen molar-refractivity contribution < 1.29 is 27.5 Å². The summed E-state index contributed by atoms with van der Waals surface area (Å²) in [6.07, 6.45) is 3.06. The molecule has 1 atom stereocenters. The van der Waals surface area contributed by atoms with Gasteiger partial charge in [0.1, 0.15) is 25.8 Å². The van der Waals surface area contributed by atoms with E-state index in [1.54, 1.807) is 37.3 Å². The lowest BCUT2D eigenvalue weighted by Gasteiger charge is -2.33. The van der Waals surface area contributed by atoms with Crippen LogP contribution in [0.4, 0.5) is 5.69 Å². The Labute approximate surface area is 234 Å². The lowest BCUT2D eigenvalue weighted by Crippen LogP contribution is -2.52. The second-order valence-electron chi connectivity index (χ2n) is 8.94. The van der Waals surface area contributed by atoms with Gasteiger partial charge in [-0.15, -0.1) is 0 Å². The van der Waals surface area contributed by atoms with E-state index in [0.29, 0.717) is 53.3 Å². The zero-order chi connectivity index (χ0) is 27.9. The monoisotopic (exact) mass is 585 g/mol. The highest BCUT2D eigenvalue weighted by Crippen LogP contribution is 2.35. The summed E-state index contributed by atoms with van der Waals surface area (Å²) in [5.41, 5.74) is 0.901. The predicted molar refractivity (Wildman–Crippen MR) is 149 cm³/mol. The summed E-state index contributed by atoms with van der Waals surface area (Å²) >= 11 is 12.3. The van der Waals surface area contributed by atoms with Gasteiger partial charge in [-0.05, 0) is 42.7 Å². The van der Waals surface area contributed by atoms with Gasteiger partial charge in [-0.1, -0.05) is 49.5 Å². The SMILES string of the molecule is CCCCNC(=O)C(CC)N(Cc1ccc(Cl)c(Cl)c1)C(=O)CN(c1ccc2c(c1)OCCO2)S(C)(=O)=O. The Bertz CT molecular complexity index is 1260. The standard InChI is InChI=1S/C26H33Cl2N3O6S/c1-4-6-11-29-26(33)22(5-2)30(16-18-7-9-20(27)21(28)14-18)25(32)17-31(38(3,34)35)19-8-10-23-24(15-19)37-13-12-36-23/h7-10,14-15,22H,4-6,11-13,16-17H2,1-3H3,(H,29,33). The van der Waals surface area contributed by atoms with Gasteiger partial charge in [0.05, 0.1) is 22.0 Å². The maximum absolute atomic E-state index is 13.8. The number of hydrogen-bond donors (Lipinski definition) is 1. The molecular weight excluding hydrogens is 553 g/mol. The first-order valence-corrected chi connectivity index (χ1v) is 15.0. The van der Waals surface area contributed by atoms with Gasteiger partial charge in [0.15, 0.2) is 11.5 Å². The number of halogens is 2. The molecule has 2 aromatic carbocycles. The molecule has 38 heavy (non-hydrogen) atoms. The first kappa shape index (κ1) is 29.9. The van der Waals surface area contributed by atoms with Crippen molar-refractivity contribution in [2.75, 3.05) is 36.9 Å². The van der Waals surface area contributed by atoms with Crippen LogP contribution in [0.5, 0.6) is 11.5 Å². The van der Waals surface area contributed by atoms with Crippen molar-refractivity contribution in [3.63, 3.8) is 0 Å². The van der Waals surface area contributed by atoms with Gasteiger partial charge < -0.3 is 19.7 Å². The normalized spacial score (nSPS) is 13.5. The number of hydrogen-bond acceptors (Lipinski definition) is 6. The average Bonchev–Trinajstić information content (AvgIpc) is 2.88. The maximum atomic E-state index is 13.8. The quantitative estimate of drug-likeness (QED) is 0.373. The highest BCUT2D eigenvalue weighted by atomic mass is 35.5. The van der Waals surface area contributed by atoms with Crippen molar-refractivity contribution in [3.05, 3.63) is 52.0 Å². The summed E-state index contributed by atoms with van der Waals surface area (Å²) in [7, 11) is -3.88. The van der Waals surface area contributed by atoms with Crippen molar-refractivity contribution in [2.45, 2.75) is 45.7 Å². The van der Waals surface area contributed by atoms with E-state index < -0.39 is 28.5 Å². The van der Waals surface area contributed by atoms with Crippen molar-refractivity contribution >= 4 is 50.7 Å². The molecule has 1 aliphatic heterocycles. The first-order valence-electron chi connectivity index (χ1n) is 12.4. The third-order valence-corrected chi connectivity index (χ3v) is 7.92. The second-order valence-corrected chi connectivity index (χ2v) is 11.7. The number of unbranched alkanes of at least 4 members (excludes halogenated alkanes) is 1. The van der Waals surface area contributed by atoms with E-state index in [-0.39, 0.29) is 18.1 Å². The Morgan fingerprint density at radius 2 is 1.74 bits per heavy atom. The second kappa shape index (κ2) is 13.4. The number of sulfonamides is 1. The minimum atomic E-state index is -3.88. The zero-order valence-electron chi connectivity index (χ0n) is 21.7. The molecule has 0 aliphatic carbocycles. The number of anilines is 1. The topological polar surface area (TPSA) is 105 Å². The molecule has 1 unspecified atom stereocenters. The predicted octanol–water partition coefficient (Wildman–Crippen LogP) is 4.25. The highest BCUT2D eigenvalue weighted by molar-refractivity contribution is 7.92. The van der Waals surface area contributed by atoms with Crippen LogP contribution in [0.15, 0.2) is 36.4 Å². The molecule has 0 bridgehead atoms. The number of benzene rings is 2. The Morgan fingerprint density at radius 1 is 1.03 bits per heavy atom. The van der Waals surface area contributed by atoms with Crippen molar-refractivity contribution in [2.24, 2.45) is 0 Å². The molecule has 208 valence electrons. The van der Waals surface area contributed by atoms with Crippen LogP contribution < -0.4 is 19.1 Å². The summed E-state index contributed by atoms with van der Waals surface area (Å²) in [5, 5.41) is 3.56. The van der Waals surface area contributed by atoms with Crippen LogP contribution in [0.3, 0.4) is 0 Å². The smallest absolute Gasteiger partial charge is 0.244 e. The molecule has 1 N–H and O–H groups in total. The fourth-order valence-corrected chi connectivity index (χ4v) is 5.22. The summed E-state index contributed by atoms with van der Waals surface area (Å²) in [6, 6.07) is 8.82. The average molecular weight is 587 g/mol. The lowest BCUT2D eigenvalue weighted by atomic mass is 10.1. The minimum Gasteiger partial charge on any atom is -0.486 e. The summed E-state index contributed by atoms with van der Waals surface area (Å²) in [6.45, 7) is 4.54. The molecule has 0 fully saturated rings. The van der Waals surface area contributed by atoms with Crippen LogP contribution in [-0.2, 0) is 26.2 Å². The summed E-state index contributed by atoms with van der Waals surface area (Å²) in [4.78, 5) is 28.3. The molecule has 1 heterocycles. The molecule has 2 amide bonds. The zero-order valence-corrected chi connectivity index (χ0v) is 24.0. The number of fused-ring (bicyclic) bond motifs is 1. The Hall–Kier alpha value is -2.69. The molecule has 0 saturated heterocycles. The van der Waals surface area contributed by atoms with E-state index in [9.17, 15) is 18.0 Å². The molecule has 0 saturated carbocycles. The van der Waals surface area contributed by atoms with Crippen molar-refractivity contribution in [3.8, 4) is 11.5 Å². The summed E-state index contributed by atoms with van der Waals surface area (Å²) < 4.78 is 37.8. The van der Waals surface area contributed by atoms with Crippen LogP contribution in [0, 0.1) is 0 Å². The molecule has 0 radical (unpaired) electrons. The van der Waals surface area contributed by atoms with Gasteiger partial charge in [-0.3, -0.25) is 13.9 Å². The minimum absolute atomic E-state index is 0.0359. The van der Waals surface area contributed by atoms with E-state index in [0.717, 1.165) is 23.4 Å². The van der Waals surface area contributed by atoms with E-state index in [1.807, 2.05) is 6.92 Å². The number of ether oxygens (including phenoxy) is 2. The number of carbonyl (C=O) groups excluding carboxylic acids is 2. The fraction of sp³-hybridized carbons (Fsp3) is 0.462. The highest BCUT2D eigenvalue weighted by Gasteiger charge is 2.32. The molecule has 0 spiro atoms. The van der Waals surface area contributed by atoms with E-state index in [4.69, 9.17) is 32.7 Å². The van der Waals surface area contributed by atoms with Crippen LogP contribution in [0.2, 0.25) is 10.0 Å². The number of rotatable bonds is 12. The number of carbonyl (C=O) groups is 2. The van der Waals surface area contributed by atoms with Gasteiger partial charge in [0.2, 0.25) is 21.8 Å². The van der Waals surface area contributed by atoms with Gasteiger partial charge in [-0.25, -0.2) is 8.42 Å². The Balaban J connectivity index is 1.94. The third-order valence-electron chi connectivity index (χ3n) is 6.05. The first-order chi connectivity index (χ1) is 18.0. The molecule has 9 nitrogen and oxygen atoms in total. The molecule has 2 aromatic rings. The van der Waals surface area contributed by atoms with E-state index >= 15 is 0 Å². The lowest BCUT2D eigenvalue weighted by molar-refractivity contribution is -0.140. The third kappa shape index (κ3) is 7.68. The molecule has 0 aromatic heterocycles. The van der Waals surface area contributed by atoms with Crippen molar-refractivity contribution in [1.29, 1.82) is 0 Å². The van der Waals surface area contributed by atoms with Crippen molar-refractivity contribution in [1.82, 2.24) is 10.2 Å². The van der Waals surface area contributed by atoms with Gasteiger partial charge in [0, 0.05) is 19.2 Å². The van der Waals surface area contributed by atoms with Gasteiger partial charge in [0.25, 0.3) is 0 Å². The van der Waals surface area contributed by atoms with Crippen LogP contribution in [-0.4, -0.2) is 63.7 Å². The van der Waals surface area contributed by atoms with Crippen LogP contribution in [0.1, 0.15) is 38.7 Å². The summed E-state index contributed by atoms with van der Waals surface area (Å²) in [5.74, 6) is 0.0357. The van der Waals surface area contributed by atoms with Crippen LogP contribution in [0.25, 0.3) is 0 Å². The Kier molecular flexibility index (Phi) is 10.5. The molecular formula is C26H33Cl2N3O6S. The largest absolute Gasteiger partial charge is 0.486 e. The number of amides is 2. The molecule has 12 heteroatoms. The Morgan fingerprint density at radius 3 is 2.37 bits per heavy atom. The van der Waals surface area contributed by atoms with Gasteiger partial charge >= 0.3 is 0 Å². The number of nitrogens with one attached hydrogen (secondary N) is 1. The molecule has 1 aliphatic rings. The molecule has 3 rings (SSSR count). The van der Waals surface area contributed by atoms with Gasteiger partial charge in [-0.2, -0.15) is 0 Å². The fourth-order valence-electron chi connectivity index (χ4n) is 4.06. The van der Waals surface area contributed by atoms with Crippen LogP contribution >= 0.6 is 23.2 Å². The number of nitrogens with zero attached hydrogens (tertiary/aromatic N) is 2. The maximum Gasteiger partial charge on any atom is 0.244 e. The van der Waals surface area contributed by atoms with E-state index in [1.165, 1.54) is 11.0 Å².